The molecule has 0 atom stereocenters. The third kappa shape index (κ3) is 1.73. The van der Waals surface area contributed by atoms with Crippen molar-refractivity contribution in [1.29, 1.82) is 0 Å². The van der Waals surface area contributed by atoms with Gasteiger partial charge in [0.15, 0.2) is 5.58 Å². The highest BCUT2D eigenvalue weighted by Gasteiger charge is 2.08. The lowest BCUT2D eigenvalue weighted by Gasteiger charge is -1.95. The van der Waals surface area contributed by atoms with Crippen molar-refractivity contribution in [2.45, 2.75) is 0 Å². The SMILES string of the molecule is Nc1ccc(-c2nc3ccc(C=O)cc3o2)cc1. The first-order valence-electron chi connectivity index (χ1n) is 5.48. The van der Waals surface area contributed by atoms with E-state index in [0.717, 1.165) is 17.4 Å². The van der Waals surface area contributed by atoms with E-state index in [1.54, 1.807) is 30.3 Å². The Morgan fingerprint density at radius 3 is 2.61 bits per heavy atom. The van der Waals surface area contributed by atoms with Gasteiger partial charge < -0.3 is 10.2 Å². The first-order chi connectivity index (χ1) is 8.76. The fourth-order valence-electron chi connectivity index (χ4n) is 1.76. The van der Waals surface area contributed by atoms with E-state index in [0.29, 0.717) is 22.7 Å². The molecule has 2 N–H and O–H groups in total. The fraction of sp³-hybridized carbons (Fsp3) is 0. The molecule has 0 fully saturated rings. The highest BCUT2D eigenvalue weighted by molar-refractivity contribution is 5.84. The minimum atomic E-state index is 0.521. The molecular formula is C14H10N2O2. The number of carbonyl (C=O) groups excluding carboxylic acids is 1. The van der Waals surface area contributed by atoms with Crippen molar-refractivity contribution >= 4 is 23.1 Å². The van der Waals surface area contributed by atoms with Crippen molar-refractivity contribution in [2.24, 2.45) is 0 Å². The third-order valence-electron chi connectivity index (χ3n) is 2.71. The van der Waals surface area contributed by atoms with Crippen LogP contribution in [0.5, 0.6) is 0 Å². The molecule has 0 bridgehead atoms. The van der Waals surface area contributed by atoms with Gasteiger partial charge in [-0.25, -0.2) is 4.98 Å². The molecule has 1 heterocycles. The van der Waals surface area contributed by atoms with Gasteiger partial charge in [-0.15, -0.1) is 0 Å². The van der Waals surface area contributed by atoms with Gasteiger partial charge in [-0.1, -0.05) is 0 Å². The van der Waals surface area contributed by atoms with Gasteiger partial charge in [0.05, 0.1) is 0 Å². The summed E-state index contributed by atoms with van der Waals surface area (Å²) in [4.78, 5) is 15.1. The second-order valence-corrected chi connectivity index (χ2v) is 3.99. The molecule has 4 heteroatoms. The van der Waals surface area contributed by atoms with Gasteiger partial charge in [0.25, 0.3) is 0 Å². The number of benzene rings is 2. The fourth-order valence-corrected chi connectivity index (χ4v) is 1.76. The average molecular weight is 238 g/mol. The molecule has 0 saturated heterocycles. The van der Waals surface area contributed by atoms with E-state index in [1.165, 1.54) is 0 Å². The summed E-state index contributed by atoms with van der Waals surface area (Å²) >= 11 is 0. The van der Waals surface area contributed by atoms with Gasteiger partial charge in [-0.3, -0.25) is 4.79 Å². The molecule has 2 aromatic carbocycles. The molecule has 0 amide bonds. The first kappa shape index (κ1) is 10.5. The Morgan fingerprint density at radius 1 is 1.11 bits per heavy atom. The normalized spacial score (nSPS) is 10.7. The van der Waals surface area contributed by atoms with Crippen LogP contribution in [0.25, 0.3) is 22.6 Å². The molecule has 0 aliphatic rings. The maximum atomic E-state index is 10.7. The summed E-state index contributed by atoms with van der Waals surface area (Å²) in [6, 6.07) is 12.4. The zero-order valence-electron chi connectivity index (χ0n) is 9.46. The van der Waals surface area contributed by atoms with Crippen LogP contribution in [-0.4, -0.2) is 11.3 Å². The summed E-state index contributed by atoms with van der Waals surface area (Å²) in [6.07, 6.45) is 0.783. The minimum absolute atomic E-state index is 0.521. The molecule has 0 spiro atoms. The van der Waals surface area contributed by atoms with Crippen LogP contribution in [0.1, 0.15) is 10.4 Å². The van der Waals surface area contributed by atoms with Gasteiger partial charge in [0.2, 0.25) is 5.89 Å². The predicted molar refractivity (Wildman–Crippen MR) is 69.2 cm³/mol. The number of hydrogen-bond acceptors (Lipinski definition) is 4. The smallest absolute Gasteiger partial charge is 0.227 e. The van der Waals surface area contributed by atoms with Gasteiger partial charge in [-0.05, 0) is 42.5 Å². The van der Waals surface area contributed by atoms with Crippen LogP contribution in [0.15, 0.2) is 46.9 Å². The number of oxazole rings is 1. The van der Waals surface area contributed by atoms with Crippen molar-refractivity contribution in [2.75, 3.05) is 5.73 Å². The maximum Gasteiger partial charge on any atom is 0.227 e. The number of fused-ring (bicyclic) bond motifs is 1. The van der Waals surface area contributed by atoms with E-state index in [4.69, 9.17) is 10.2 Å². The zero-order valence-corrected chi connectivity index (χ0v) is 9.46. The highest BCUT2D eigenvalue weighted by atomic mass is 16.3. The quantitative estimate of drug-likeness (QED) is 0.550. The lowest BCUT2D eigenvalue weighted by atomic mass is 10.2. The third-order valence-corrected chi connectivity index (χ3v) is 2.71. The Morgan fingerprint density at radius 2 is 1.89 bits per heavy atom. The second kappa shape index (κ2) is 4.00. The Hall–Kier alpha value is -2.62. The predicted octanol–water partition coefficient (Wildman–Crippen LogP) is 2.89. The number of nitrogens with zero attached hydrogens (tertiary/aromatic N) is 1. The molecule has 1 aromatic heterocycles. The maximum absolute atomic E-state index is 10.7. The number of rotatable bonds is 2. The standard InChI is InChI=1S/C14H10N2O2/c15-11-4-2-10(3-5-11)14-16-12-6-1-9(8-17)7-13(12)18-14/h1-8H,15H2. The summed E-state index contributed by atoms with van der Waals surface area (Å²) in [5.74, 6) is 0.521. The minimum Gasteiger partial charge on any atom is -0.436 e. The van der Waals surface area contributed by atoms with Crippen LogP contribution in [-0.2, 0) is 0 Å². The Balaban J connectivity index is 2.12. The summed E-state index contributed by atoms with van der Waals surface area (Å²) < 4.78 is 5.63. The van der Waals surface area contributed by atoms with Gasteiger partial charge in [0.1, 0.15) is 11.8 Å². The summed E-state index contributed by atoms with van der Waals surface area (Å²) in [5.41, 5.74) is 9.08. The molecule has 3 aromatic rings. The summed E-state index contributed by atoms with van der Waals surface area (Å²) in [7, 11) is 0. The molecule has 0 saturated carbocycles. The first-order valence-corrected chi connectivity index (χ1v) is 5.48. The van der Waals surface area contributed by atoms with Crippen LogP contribution in [0.4, 0.5) is 5.69 Å². The Labute approximate surface area is 103 Å². The molecule has 4 nitrogen and oxygen atoms in total. The number of aromatic nitrogens is 1. The van der Waals surface area contributed by atoms with E-state index in [1.807, 2.05) is 12.1 Å². The number of hydrogen-bond donors (Lipinski definition) is 1. The number of carbonyl (C=O) groups is 1. The highest BCUT2D eigenvalue weighted by Crippen LogP contribution is 2.25. The van der Waals surface area contributed by atoms with Crippen LogP contribution in [0.3, 0.4) is 0 Å². The molecule has 3 rings (SSSR count). The Kier molecular flexibility index (Phi) is 2.34. The molecular weight excluding hydrogens is 228 g/mol. The molecule has 0 radical (unpaired) electrons. The number of anilines is 1. The van der Waals surface area contributed by atoms with Gasteiger partial charge in [0, 0.05) is 16.8 Å². The van der Waals surface area contributed by atoms with Crippen LogP contribution in [0, 0.1) is 0 Å². The monoisotopic (exact) mass is 238 g/mol. The van der Waals surface area contributed by atoms with Crippen LogP contribution < -0.4 is 5.73 Å². The van der Waals surface area contributed by atoms with E-state index in [9.17, 15) is 4.79 Å². The van der Waals surface area contributed by atoms with Gasteiger partial charge >= 0.3 is 0 Å². The molecule has 0 aliphatic heterocycles. The average Bonchev–Trinajstić information content (AvgIpc) is 2.82. The van der Waals surface area contributed by atoms with Crippen molar-refractivity contribution in [3.63, 3.8) is 0 Å². The van der Waals surface area contributed by atoms with E-state index in [2.05, 4.69) is 4.98 Å². The lowest BCUT2D eigenvalue weighted by Crippen LogP contribution is -1.83. The molecule has 0 unspecified atom stereocenters. The Bertz CT molecular complexity index is 714. The summed E-state index contributed by atoms with van der Waals surface area (Å²) in [6.45, 7) is 0. The van der Waals surface area contributed by atoms with Crippen LogP contribution in [0.2, 0.25) is 0 Å². The molecule has 88 valence electrons. The zero-order chi connectivity index (χ0) is 12.5. The van der Waals surface area contributed by atoms with E-state index >= 15 is 0 Å². The van der Waals surface area contributed by atoms with Gasteiger partial charge in [-0.2, -0.15) is 0 Å². The van der Waals surface area contributed by atoms with E-state index < -0.39 is 0 Å². The summed E-state index contributed by atoms with van der Waals surface area (Å²) in [5, 5.41) is 0. The van der Waals surface area contributed by atoms with Crippen LogP contribution >= 0.6 is 0 Å². The number of aldehydes is 1. The lowest BCUT2D eigenvalue weighted by molar-refractivity contribution is 0.112. The second-order valence-electron chi connectivity index (χ2n) is 3.99. The van der Waals surface area contributed by atoms with Crippen molar-refractivity contribution < 1.29 is 9.21 Å². The number of nitrogens with two attached hydrogens (primary N) is 1. The largest absolute Gasteiger partial charge is 0.436 e. The molecule has 18 heavy (non-hydrogen) atoms. The van der Waals surface area contributed by atoms with Crippen molar-refractivity contribution in [3.8, 4) is 11.5 Å². The van der Waals surface area contributed by atoms with E-state index in [-0.39, 0.29) is 0 Å². The van der Waals surface area contributed by atoms with Crippen molar-refractivity contribution in [3.05, 3.63) is 48.0 Å². The topological polar surface area (TPSA) is 69.1 Å². The molecule has 0 aliphatic carbocycles. The van der Waals surface area contributed by atoms with Crippen molar-refractivity contribution in [1.82, 2.24) is 4.98 Å². The number of nitrogen functional groups attached to an aromatic ring is 1.